The third-order valence-electron chi connectivity index (χ3n) is 6.14. The number of carbonyl (C=O) groups excluding carboxylic acids is 1. The lowest BCUT2D eigenvalue weighted by Crippen LogP contribution is -2.46. The number of nitrogens with zero attached hydrogens (tertiary/aromatic N) is 1. The lowest BCUT2D eigenvalue weighted by molar-refractivity contribution is 0.0599. The van der Waals surface area contributed by atoms with Gasteiger partial charge in [-0.05, 0) is 40.5 Å². The molecule has 0 radical (unpaired) electrons. The number of phenols is 1. The Kier molecular flexibility index (Phi) is 4.79. The van der Waals surface area contributed by atoms with Crippen LogP contribution >= 0.6 is 0 Å². The van der Waals surface area contributed by atoms with Crippen molar-refractivity contribution in [2.75, 3.05) is 0 Å². The number of amides is 1. The van der Waals surface area contributed by atoms with E-state index >= 15 is 0 Å². The summed E-state index contributed by atoms with van der Waals surface area (Å²) in [5, 5.41) is 9.94. The standard InChI is InChI=1S/C28H23NO2/c30-24-17-15-23(16-18-24)28(19-21-9-3-1-4-10-21)26-14-8-7-13-25(26)27(31)29(28)20-22-11-5-2-6-12-22/h1-18,30H,19-20H2. The number of fused-ring (bicyclic) bond motifs is 1. The number of hydrogen-bond donors (Lipinski definition) is 1. The van der Waals surface area contributed by atoms with Gasteiger partial charge in [-0.25, -0.2) is 0 Å². The molecular formula is C28H23NO2. The van der Waals surface area contributed by atoms with E-state index in [-0.39, 0.29) is 11.7 Å². The van der Waals surface area contributed by atoms with E-state index in [1.54, 1.807) is 12.1 Å². The van der Waals surface area contributed by atoms with E-state index in [4.69, 9.17) is 0 Å². The van der Waals surface area contributed by atoms with Crippen LogP contribution in [0, 0.1) is 0 Å². The Hall–Kier alpha value is -3.85. The molecule has 1 aliphatic rings. The first-order valence-electron chi connectivity index (χ1n) is 10.5. The predicted molar refractivity (Wildman–Crippen MR) is 122 cm³/mol. The van der Waals surface area contributed by atoms with Crippen molar-refractivity contribution in [3.63, 3.8) is 0 Å². The molecule has 1 atom stereocenters. The summed E-state index contributed by atoms with van der Waals surface area (Å²) >= 11 is 0. The molecule has 0 bridgehead atoms. The molecule has 5 rings (SSSR count). The topological polar surface area (TPSA) is 40.5 Å². The molecule has 31 heavy (non-hydrogen) atoms. The first kappa shape index (κ1) is 19.1. The van der Waals surface area contributed by atoms with Crippen LogP contribution in [0.4, 0.5) is 0 Å². The van der Waals surface area contributed by atoms with Crippen LogP contribution in [-0.4, -0.2) is 15.9 Å². The molecule has 0 spiro atoms. The van der Waals surface area contributed by atoms with Gasteiger partial charge in [0.2, 0.25) is 0 Å². The van der Waals surface area contributed by atoms with Crippen LogP contribution < -0.4 is 0 Å². The maximum absolute atomic E-state index is 13.7. The summed E-state index contributed by atoms with van der Waals surface area (Å²) in [6, 6.07) is 35.6. The molecule has 152 valence electrons. The van der Waals surface area contributed by atoms with Crippen molar-refractivity contribution >= 4 is 5.91 Å². The Morgan fingerprint density at radius 1 is 0.677 bits per heavy atom. The predicted octanol–water partition coefficient (Wildman–Crippen LogP) is 5.53. The summed E-state index contributed by atoms with van der Waals surface area (Å²) in [6.45, 7) is 0.502. The summed E-state index contributed by atoms with van der Waals surface area (Å²) in [7, 11) is 0. The first-order valence-corrected chi connectivity index (χ1v) is 10.5. The first-order chi connectivity index (χ1) is 15.2. The molecule has 4 aromatic carbocycles. The number of phenolic OH excluding ortho intramolecular Hbond substituents is 1. The Balaban J connectivity index is 1.75. The second-order valence-electron chi connectivity index (χ2n) is 7.99. The summed E-state index contributed by atoms with van der Waals surface area (Å²) in [5.74, 6) is 0.245. The molecule has 1 aliphatic heterocycles. The van der Waals surface area contributed by atoms with Gasteiger partial charge in [0.05, 0.1) is 5.54 Å². The maximum Gasteiger partial charge on any atom is 0.255 e. The minimum Gasteiger partial charge on any atom is -0.508 e. The number of rotatable bonds is 5. The second-order valence-corrected chi connectivity index (χ2v) is 7.99. The van der Waals surface area contributed by atoms with Gasteiger partial charge in [-0.2, -0.15) is 0 Å². The van der Waals surface area contributed by atoms with Crippen LogP contribution in [0.15, 0.2) is 109 Å². The van der Waals surface area contributed by atoms with Gasteiger partial charge in [-0.1, -0.05) is 91.0 Å². The van der Waals surface area contributed by atoms with Crippen molar-refractivity contribution in [2.45, 2.75) is 18.5 Å². The Bertz CT molecular complexity index is 1200. The zero-order chi connectivity index (χ0) is 21.3. The van der Waals surface area contributed by atoms with Crippen molar-refractivity contribution < 1.29 is 9.90 Å². The van der Waals surface area contributed by atoms with Crippen molar-refractivity contribution in [3.05, 3.63) is 137 Å². The van der Waals surface area contributed by atoms with E-state index in [0.29, 0.717) is 13.0 Å². The van der Waals surface area contributed by atoms with E-state index < -0.39 is 5.54 Å². The summed E-state index contributed by atoms with van der Waals surface area (Å²) in [6.07, 6.45) is 0.647. The minimum absolute atomic E-state index is 0.0310. The fourth-order valence-electron chi connectivity index (χ4n) is 4.70. The normalized spacial score (nSPS) is 17.5. The van der Waals surface area contributed by atoms with Gasteiger partial charge >= 0.3 is 0 Å². The summed E-state index contributed by atoms with van der Waals surface area (Å²) in [4.78, 5) is 15.7. The Labute approximate surface area is 182 Å². The molecule has 0 saturated heterocycles. The summed E-state index contributed by atoms with van der Waals surface area (Å²) in [5.41, 5.74) is 4.30. The van der Waals surface area contributed by atoms with Crippen molar-refractivity contribution in [2.24, 2.45) is 0 Å². The minimum atomic E-state index is -0.668. The van der Waals surface area contributed by atoms with Crippen LogP contribution in [0.5, 0.6) is 5.75 Å². The number of aromatic hydroxyl groups is 1. The highest BCUT2D eigenvalue weighted by Crippen LogP contribution is 2.47. The van der Waals surface area contributed by atoms with Gasteiger partial charge in [-0.3, -0.25) is 4.79 Å². The van der Waals surface area contributed by atoms with Crippen LogP contribution in [0.2, 0.25) is 0 Å². The average molecular weight is 405 g/mol. The van der Waals surface area contributed by atoms with Crippen molar-refractivity contribution in [1.82, 2.24) is 4.90 Å². The molecule has 3 heteroatoms. The zero-order valence-electron chi connectivity index (χ0n) is 17.1. The molecule has 0 aliphatic carbocycles. The SMILES string of the molecule is O=C1c2ccccc2C(Cc2ccccc2)(c2ccc(O)cc2)N1Cc1ccccc1. The molecule has 0 saturated carbocycles. The Morgan fingerprint density at radius 2 is 1.26 bits per heavy atom. The van der Waals surface area contributed by atoms with Crippen molar-refractivity contribution in [1.29, 1.82) is 0 Å². The highest BCUT2D eigenvalue weighted by molar-refractivity contribution is 6.00. The van der Waals surface area contributed by atoms with Crippen LogP contribution in [-0.2, 0) is 18.5 Å². The van der Waals surface area contributed by atoms with Crippen LogP contribution in [0.1, 0.15) is 32.6 Å². The molecule has 1 amide bonds. The fourth-order valence-corrected chi connectivity index (χ4v) is 4.70. The van der Waals surface area contributed by atoms with Gasteiger partial charge in [-0.15, -0.1) is 0 Å². The van der Waals surface area contributed by atoms with Gasteiger partial charge in [0.25, 0.3) is 5.91 Å². The third kappa shape index (κ3) is 3.28. The maximum atomic E-state index is 13.7. The smallest absolute Gasteiger partial charge is 0.255 e. The van der Waals surface area contributed by atoms with E-state index in [9.17, 15) is 9.90 Å². The van der Waals surface area contributed by atoms with Gasteiger partial charge < -0.3 is 10.0 Å². The van der Waals surface area contributed by atoms with Gasteiger partial charge in [0.1, 0.15) is 5.75 Å². The zero-order valence-corrected chi connectivity index (χ0v) is 17.1. The van der Waals surface area contributed by atoms with E-state index in [1.807, 2.05) is 71.6 Å². The largest absolute Gasteiger partial charge is 0.508 e. The highest BCUT2D eigenvalue weighted by Gasteiger charge is 2.50. The molecule has 1 unspecified atom stereocenters. The number of hydrogen-bond acceptors (Lipinski definition) is 2. The molecule has 4 aromatic rings. The third-order valence-corrected chi connectivity index (χ3v) is 6.14. The molecule has 1 heterocycles. The molecule has 0 fully saturated rings. The molecule has 3 nitrogen and oxygen atoms in total. The lowest BCUT2D eigenvalue weighted by atomic mass is 9.77. The lowest BCUT2D eigenvalue weighted by Gasteiger charge is -2.40. The molecule has 1 N–H and O–H groups in total. The van der Waals surface area contributed by atoms with E-state index in [2.05, 4.69) is 30.3 Å². The Morgan fingerprint density at radius 3 is 1.94 bits per heavy atom. The van der Waals surface area contributed by atoms with Crippen LogP contribution in [0.25, 0.3) is 0 Å². The molecular weight excluding hydrogens is 382 g/mol. The second kappa shape index (κ2) is 7.77. The summed E-state index contributed by atoms with van der Waals surface area (Å²) < 4.78 is 0. The highest BCUT2D eigenvalue weighted by atomic mass is 16.3. The average Bonchev–Trinajstić information content (AvgIpc) is 3.05. The monoisotopic (exact) mass is 405 g/mol. The number of carbonyl (C=O) groups is 1. The van der Waals surface area contributed by atoms with Gasteiger partial charge in [0, 0.05) is 18.5 Å². The van der Waals surface area contributed by atoms with Crippen molar-refractivity contribution in [3.8, 4) is 5.75 Å². The fraction of sp³-hybridized carbons (Fsp3) is 0.107. The van der Waals surface area contributed by atoms with Crippen LogP contribution in [0.3, 0.4) is 0 Å². The van der Waals surface area contributed by atoms with E-state index in [1.165, 1.54) is 0 Å². The van der Waals surface area contributed by atoms with E-state index in [0.717, 1.165) is 27.8 Å². The van der Waals surface area contributed by atoms with Gasteiger partial charge in [0.15, 0.2) is 0 Å². The number of benzene rings is 4. The quantitative estimate of drug-likeness (QED) is 0.474. The molecule has 0 aromatic heterocycles.